The van der Waals surface area contributed by atoms with Gasteiger partial charge >= 0.3 is 0 Å². The largest absolute Gasteiger partial charge is 0.353 e. The van der Waals surface area contributed by atoms with E-state index in [2.05, 4.69) is 46.0 Å². The lowest BCUT2D eigenvalue weighted by Crippen LogP contribution is -2.45. The minimum Gasteiger partial charge on any atom is -0.353 e. The molecule has 1 aliphatic heterocycles. The van der Waals surface area contributed by atoms with E-state index in [4.69, 9.17) is 0 Å². The Kier molecular flexibility index (Phi) is 7.66. The van der Waals surface area contributed by atoms with Gasteiger partial charge in [-0.25, -0.2) is 13.4 Å². The van der Waals surface area contributed by atoms with Gasteiger partial charge in [-0.3, -0.25) is 9.52 Å². The maximum Gasteiger partial charge on any atom is 0.261 e. The average Bonchev–Trinajstić information content (AvgIpc) is 2.84. The van der Waals surface area contributed by atoms with Crippen molar-refractivity contribution in [1.82, 2.24) is 15.6 Å². The molecule has 1 saturated carbocycles. The molecule has 2 heterocycles. The number of sulfonamides is 1. The molecule has 0 radical (unpaired) electrons. The van der Waals surface area contributed by atoms with Crippen molar-refractivity contribution in [3.8, 4) is 0 Å². The van der Waals surface area contributed by atoms with Crippen LogP contribution in [0, 0.1) is 0 Å². The van der Waals surface area contributed by atoms with Gasteiger partial charge < -0.3 is 15.5 Å². The zero-order valence-electron chi connectivity index (χ0n) is 20.9. The second-order valence-electron chi connectivity index (χ2n) is 10.5. The Morgan fingerprint density at radius 1 is 1.06 bits per heavy atom. The lowest BCUT2D eigenvalue weighted by molar-refractivity contribution is 0.0928. The van der Waals surface area contributed by atoms with Crippen molar-refractivity contribution in [2.45, 2.75) is 69.2 Å². The number of carbonyl (C=O) groups excluding carboxylic acids is 1. The van der Waals surface area contributed by atoms with Crippen LogP contribution < -0.4 is 20.3 Å². The summed E-state index contributed by atoms with van der Waals surface area (Å²) in [5.74, 6) is 0.394. The minimum atomic E-state index is -3.83. The third kappa shape index (κ3) is 6.32. The van der Waals surface area contributed by atoms with Gasteiger partial charge in [0.05, 0.1) is 22.3 Å². The summed E-state index contributed by atoms with van der Waals surface area (Å²) in [7, 11) is -3.83. The van der Waals surface area contributed by atoms with E-state index in [1.807, 2.05) is 12.1 Å². The quantitative estimate of drug-likeness (QED) is 0.561. The second-order valence-corrected chi connectivity index (χ2v) is 12.2. The first kappa shape index (κ1) is 25.4. The molecule has 8 nitrogen and oxygen atoms in total. The number of rotatable bonds is 6. The zero-order chi connectivity index (χ0) is 25.1. The molecular formula is C26H37N5O3S. The summed E-state index contributed by atoms with van der Waals surface area (Å²) in [5, 5.41) is 6.47. The fourth-order valence-electron chi connectivity index (χ4n) is 4.67. The summed E-state index contributed by atoms with van der Waals surface area (Å²) in [6.45, 7) is 9.35. The molecule has 3 N–H and O–H groups in total. The fraction of sp³-hybridized carbons (Fsp3) is 0.538. The maximum atomic E-state index is 13.3. The Bertz CT molecular complexity index is 1130. The Morgan fingerprint density at radius 2 is 1.71 bits per heavy atom. The third-order valence-corrected chi connectivity index (χ3v) is 8.15. The van der Waals surface area contributed by atoms with Crippen molar-refractivity contribution in [3.63, 3.8) is 0 Å². The molecule has 9 heteroatoms. The average molecular weight is 500 g/mol. The van der Waals surface area contributed by atoms with Crippen molar-refractivity contribution in [2.75, 3.05) is 35.8 Å². The van der Waals surface area contributed by atoms with Crippen LogP contribution in [0.25, 0.3) is 0 Å². The van der Waals surface area contributed by atoms with E-state index >= 15 is 0 Å². The Labute approximate surface area is 209 Å². The monoisotopic (exact) mass is 499 g/mol. The van der Waals surface area contributed by atoms with Crippen molar-refractivity contribution < 1.29 is 13.2 Å². The van der Waals surface area contributed by atoms with E-state index in [0.717, 1.165) is 57.4 Å². The number of benzene rings is 1. The molecule has 35 heavy (non-hydrogen) atoms. The molecule has 4 rings (SSSR count). The normalized spacial score (nSPS) is 17.7. The highest BCUT2D eigenvalue weighted by Crippen LogP contribution is 2.27. The summed E-state index contributed by atoms with van der Waals surface area (Å²) in [5.41, 5.74) is 1.67. The van der Waals surface area contributed by atoms with Crippen LogP contribution in [0.3, 0.4) is 0 Å². The molecule has 2 aromatic rings. The van der Waals surface area contributed by atoms with Crippen LogP contribution in [0.1, 0.15) is 68.8 Å². The molecule has 1 aliphatic carbocycles. The zero-order valence-corrected chi connectivity index (χ0v) is 21.7. The molecule has 0 atom stereocenters. The molecule has 2 aliphatic rings. The Morgan fingerprint density at radius 3 is 2.34 bits per heavy atom. The van der Waals surface area contributed by atoms with E-state index in [-0.39, 0.29) is 27.9 Å². The third-order valence-electron chi connectivity index (χ3n) is 6.75. The minimum absolute atomic E-state index is 0.0694. The molecule has 0 spiro atoms. The van der Waals surface area contributed by atoms with Crippen LogP contribution in [0.4, 0.5) is 11.5 Å². The predicted octanol–water partition coefficient (Wildman–Crippen LogP) is 3.65. The number of carbonyl (C=O) groups is 1. The van der Waals surface area contributed by atoms with E-state index in [0.29, 0.717) is 11.4 Å². The highest BCUT2D eigenvalue weighted by atomic mass is 32.2. The maximum absolute atomic E-state index is 13.3. The second kappa shape index (κ2) is 10.5. The summed E-state index contributed by atoms with van der Waals surface area (Å²) in [6, 6.07) is 8.66. The van der Waals surface area contributed by atoms with E-state index in [9.17, 15) is 13.2 Å². The van der Waals surface area contributed by atoms with E-state index in [1.165, 1.54) is 12.6 Å². The van der Waals surface area contributed by atoms with Gasteiger partial charge in [0.1, 0.15) is 5.82 Å². The van der Waals surface area contributed by atoms with Gasteiger partial charge in [0.25, 0.3) is 15.9 Å². The van der Waals surface area contributed by atoms with Crippen LogP contribution in [0.15, 0.2) is 41.4 Å². The standard InChI is InChI=1S/C26H37N5O3S/c1-26(2,3)19-9-11-22(12-10-19)35(33,34)30-21-17-23(25(32)29-20-7-5-4-6-8-20)24(28-18-21)31-15-13-27-14-16-31/h9-12,17-18,20,27,30H,4-8,13-16H2,1-3H3,(H,29,32). The summed E-state index contributed by atoms with van der Waals surface area (Å²) < 4.78 is 28.8. The van der Waals surface area contributed by atoms with Crippen LogP contribution in [-0.4, -0.2) is 51.5 Å². The molecule has 1 saturated heterocycles. The summed E-state index contributed by atoms with van der Waals surface area (Å²) >= 11 is 0. The molecular weight excluding hydrogens is 462 g/mol. The number of anilines is 2. The van der Waals surface area contributed by atoms with Gasteiger partial charge in [0, 0.05) is 32.2 Å². The van der Waals surface area contributed by atoms with Gasteiger partial charge in [-0.2, -0.15) is 0 Å². The number of pyridine rings is 1. The highest BCUT2D eigenvalue weighted by Gasteiger charge is 2.25. The van der Waals surface area contributed by atoms with Crippen LogP contribution in [0.5, 0.6) is 0 Å². The molecule has 0 bridgehead atoms. The SMILES string of the molecule is CC(C)(C)c1ccc(S(=O)(=O)Nc2cnc(N3CCNCC3)c(C(=O)NC3CCCCC3)c2)cc1. The van der Waals surface area contributed by atoms with E-state index in [1.54, 1.807) is 18.2 Å². The summed E-state index contributed by atoms with van der Waals surface area (Å²) in [6.07, 6.45) is 6.87. The van der Waals surface area contributed by atoms with Gasteiger partial charge in [0.2, 0.25) is 0 Å². The van der Waals surface area contributed by atoms with Crippen LogP contribution >= 0.6 is 0 Å². The summed E-state index contributed by atoms with van der Waals surface area (Å²) in [4.78, 5) is 20.1. The molecule has 2 fully saturated rings. The molecule has 0 unspecified atom stereocenters. The molecule has 190 valence electrons. The smallest absolute Gasteiger partial charge is 0.261 e. The van der Waals surface area contributed by atoms with Gasteiger partial charge in [-0.05, 0) is 42.0 Å². The van der Waals surface area contributed by atoms with Crippen molar-refractivity contribution in [1.29, 1.82) is 0 Å². The molecule has 1 aromatic carbocycles. The topological polar surface area (TPSA) is 103 Å². The van der Waals surface area contributed by atoms with Gasteiger partial charge in [-0.15, -0.1) is 0 Å². The highest BCUT2D eigenvalue weighted by molar-refractivity contribution is 7.92. The number of nitrogens with one attached hydrogen (secondary N) is 3. The number of piperazine rings is 1. The number of amides is 1. The fourth-order valence-corrected chi connectivity index (χ4v) is 5.70. The van der Waals surface area contributed by atoms with Crippen LogP contribution in [0.2, 0.25) is 0 Å². The van der Waals surface area contributed by atoms with Crippen molar-refractivity contribution in [2.24, 2.45) is 0 Å². The number of aromatic nitrogens is 1. The Hall–Kier alpha value is -2.65. The lowest BCUT2D eigenvalue weighted by atomic mass is 9.87. The first-order valence-corrected chi connectivity index (χ1v) is 14.0. The molecule has 1 amide bonds. The molecule has 1 aromatic heterocycles. The first-order valence-electron chi connectivity index (χ1n) is 12.5. The van der Waals surface area contributed by atoms with Crippen molar-refractivity contribution >= 4 is 27.4 Å². The number of hydrogen-bond donors (Lipinski definition) is 3. The Balaban J connectivity index is 1.59. The number of nitrogens with zero attached hydrogens (tertiary/aromatic N) is 2. The van der Waals surface area contributed by atoms with Crippen molar-refractivity contribution in [3.05, 3.63) is 47.7 Å². The number of hydrogen-bond acceptors (Lipinski definition) is 6. The predicted molar refractivity (Wildman–Crippen MR) is 140 cm³/mol. The van der Waals surface area contributed by atoms with Gasteiger partial charge in [0.15, 0.2) is 0 Å². The lowest BCUT2D eigenvalue weighted by Gasteiger charge is -2.30. The first-order chi connectivity index (χ1) is 16.6. The van der Waals surface area contributed by atoms with Crippen LogP contribution in [-0.2, 0) is 15.4 Å². The van der Waals surface area contributed by atoms with E-state index < -0.39 is 10.0 Å². The van der Waals surface area contributed by atoms with Gasteiger partial charge in [-0.1, -0.05) is 52.2 Å².